The van der Waals surface area contributed by atoms with E-state index in [1.807, 2.05) is 12.1 Å². The molecule has 0 aliphatic carbocycles. The van der Waals surface area contributed by atoms with Gasteiger partial charge in [0.2, 0.25) is 0 Å². The van der Waals surface area contributed by atoms with Crippen LogP contribution in [0.15, 0.2) is 32.5 Å². The zero-order valence-corrected chi connectivity index (χ0v) is 13.8. The summed E-state index contributed by atoms with van der Waals surface area (Å²) in [7, 11) is 0. The minimum Gasteiger partial charge on any atom is -0.464 e. The Bertz CT molecular complexity index is 654. The first-order valence-corrected chi connectivity index (χ1v) is 7.59. The molecule has 2 rings (SSSR count). The van der Waals surface area contributed by atoms with E-state index in [4.69, 9.17) is 4.74 Å². The second kappa shape index (κ2) is 6.49. The molecule has 1 unspecified atom stereocenters. The molecule has 1 N–H and O–H groups in total. The third-order valence-electron chi connectivity index (χ3n) is 2.88. The van der Waals surface area contributed by atoms with Crippen molar-refractivity contribution in [3.05, 3.63) is 37.7 Å². The fourth-order valence-corrected chi connectivity index (χ4v) is 3.50. The van der Waals surface area contributed by atoms with E-state index in [9.17, 15) is 9.70 Å². The van der Waals surface area contributed by atoms with Crippen LogP contribution < -0.4 is 0 Å². The van der Waals surface area contributed by atoms with Crippen molar-refractivity contribution in [1.82, 2.24) is 4.98 Å². The maximum Gasteiger partial charge on any atom is 0.334 e. The highest BCUT2D eigenvalue weighted by Crippen LogP contribution is 2.31. The summed E-state index contributed by atoms with van der Waals surface area (Å²) in [5.74, 6) is -0.593. The molecule has 20 heavy (non-hydrogen) atoms. The SMILES string of the molecule is CCOC(=O)C(Cc1c[nH]c2cc(Br)cc(Br)c12)N=O. The molecule has 0 aliphatic heterocycles. The summed E-state index contributed by atoms with van der Waals surface area (Å²) in [5.41, 5.74) is 1.76. The van der Waals surface area contributed by atoms with Gasteiger partial charge < -0.3 is 9.72 Å². The molecule has 1 aromatic carbocycles. The van der Waals surface area contributed by atoms with Crippen LogP contribution in [-0.2, 0) is 16.0 Å². The van der Waals surface area contributed by atoms with Gasteiger partial charge in [0.25, 0.3) is 0 Å². The number of halogens is 2. The van der Waals surface area contributed by atoms with E-state index < -0.39 is 12.0 Å². The van der Waals surface area contributed by atoms with E-state index in [0.717, 1.165) is 25.4 Å². The fourth-order valence-electron chi connectivity index (χ4n) is 2.02. The van der Waals surface area contributed by atoms with Gasteiger partial charge in [0.1, 0.15) is 0 Å². The number of carbonyl (C=O) groups is 1. The Balaban J connectivity index is 2.34. The number of aromatic amines is 1. The van der Waals surface area contributed by atoms with Crippen LogP contribution in [0.1, 0.15) is 12.5 Å². The van der Waals surface area contributed by atoms with Crippen molar-refractivity contribution in [1.29, 1.82) is 0 Å². The smallest absolute Gasteiger partial charge is 0.334 e. The predicted molar refractivity (Wildman–Crippen MR) is 83.6 cm³/mol. The van der Waals surface area contributed by atoms with Crippen LogP contribution in [0.4, 0.5) is 0 Å². The number of fused-ring (bicyclic) bond motifs is 1. The number of nitroso groups, excluding NO2 is 1. The van der Waals surface area contributed by atoms with E-state index in [-0.39, 0.29) is 13.0 Å². The second-order valence-corrected chi connectivity index (χ2v) is 5.97. The van der Waals surface area contributed by atoms with Crippen molar-refractivity contribution in [2.45, 2.75) is 19.4 Å². The molecule has 2 aromatic rings. The molecule has 1 atom stereocenters. The van der Waals surface area contributed by atoms with E-state index >= 15 is 0 Å². The first kappa shape index (κ1) is 15.2. The second-order valence-electron chi connectivity index (χ2n) is 4.20. The molecule has 106 valence electrons. The lowest BCUT2D eigenvalue weighted by molar-refractivity contribution is -0.144. The molecule has 0 saturated carbocycles. The maximum absolute atomic E-state index is 11.6. The number of hydrogen-bond donors (Lipinski definition) is 1. The van der Waals surface area contributed by atoms with Crippen LogP contribution in [0.2, 0.25) is 0 Å². The van der Waals surface area contributed by atoms with E-state index in [1.54, 1.807) is 13.1 Å². The molecule has 0 amide bonds. The van der Waals surface area contributed by atoms with Gasteiger partial charge in [-0.3, -0.25) is 0 Å². The highest BCUT2D eigenvalue weighted by Gasteiger charge is 2.23. The zero-order valence-electron chi connectivity index (χ0n) is 10.7. The number of H-pyrrole nitrogens is 1. The van der Waals surface area contributed by atoms with Gasteiger partial charge in [-0.25, -0.2) is 4.79 Å². The molecule has 0 bridgehead atoms. The number of hydrogen-bond acceptors (Lipinski definition) is 4. The minimum absolute atomic E-state index is 0.211. The van der Waals surface area contributed by atoms with Gasteiger partial charge in [-0.15, -0.1) is 4.91 Å². The van der Waals surface area contributed by atoms with Gasteiger partial charge in [-0.1, -0.05) is 37.0 Å². The fraction of sp³-hybridized carbons (Fsp3) is 0.308. The third kappa shape index (κ3) is 3.09. The average Bonchev–Trinajstić information content (AvgIpc) is 2.79. The van der Waals surface area contributed by atoms with Crippen LogP contribution in [0.5, 0.6) is 0 Å². The van der Waals surface area contributed by atoms with Crippen LogP contribution in [0, 0.1) is 4.91 Å². The predicted octanol–water partition coefficient (Wildman–Crippen LogP) is 3.93. The van der Waals surface area contributed by atoms with Crippen molar-refractivity contribution in [2.75, 3.05) is 6.61 Å². The molecular weight excluding hydrogens is 392 g/mol. The lowest BCUT2D eigenvalue weighted by atomic mass is 10.1. The van der Waals surface area contributed by atoms with Gasteiger partial charge in [0.05, 0.1) is 6.61 Å². The minimum atomic E-state index is -1.02. The third-order valence-corrected chi connectivity index (χ3v) is 3.96. The van der Waals surface area contributed by atoms with E-state index in [1.165, 1.54) is 0 Å². The summed E-state index contributed by atoms with van der Waals surface area (Å²) in [6, 6.07) is 2.81. The molecule has 0 saturated heterocycles. The van der Waals surface area contributed by atoms with E-state index in [0.29, 0.717) is 0 Å². The van der Waals surface area contributed by atoms with Gasteiger partial charge >= 0.3 is 5.97 Å². The number of rotatable bonds is 5. The quantitative estimate of drug-likeness (QED) is 0.607. The Hall–Kier alpha value is -1.21. The van der Waals surface area contributed by atoms with Crippen LogP contribution >= 0.6 is 31.9 Å². The van der Waals surface area contributed by atoms with Crippen LogP contribution in [0.25, 0.3) is 10.9 Å². The zero-order chi connectivity index (χ0) is 14.7. The standard InChI is InChI=1S/C13H12Br2N2O3/c1-2-20-13(18)11(17-19)3-7-6-16-10-5-8(14)4-9(15)12(7)10/h4-6,11,16H,2-3H2,1H3. The molecule has 7 heteroatoms. The molecule has 0 spiro atoms. The van der Waals surface area contributed by atoms with Crippen molar-refractivity contribution in [3.63, 3.8) is 0 Å². The summed E-state index contributed by atoms with van der Waals surface area (Å²) >= 11 is 6.89. The first-order chi connectivity index (χ1) is 9.56. The largest absolute Gasteiger partial charge is 0.464 e. The molecule has 1 heterocycles. The van der Waals surface area contributed by atoms with Gasteiger partial charge in [-0.05, 0) is 24.6 Å². The molecule has 0 radical (unpaired) electrons. The van der Waals surface area contributed by atoms with Crippen molar-refractivity contribution in [3.8, 4) is 0 Å². The lowest BCUT2D eigenvalue weighted by Crippen LogP contribution is -2.23. The Morgan fingerprint density at radius 2 is 2.20 bits per heavy atom. The highest BCUT2D eigenvalue weighted by molar-refractivity contribution is 9.11. The maximum atomic E-state index is 11.6. The molecule has 5 nitrogen and oxygen atoms in total. The molecule has 0 fully saturated rings. The van der Waals surface area contributed by atoms with Crippen molar-refractivity contribution < 1.29 is 9.53 Å². The molecule has 1 aromatic heterocycles. The normalized spacial score (nSPS) is 12.3. The highest BCUT2D eigenvalue weighted by atomic mass is 79.9. The summed E-state index contributed by atoms with van der Waals surface area (Å²) in [6.07, 6.45) is 1.99. The average molecular weight is 404 g/mol. The number of esters is 1. The number of aromatic nitrogens is 1. The Labute approximate surface area is 132 Å². The van der Waals surface area contributed by atoms with Crippen LogP contribution in [0.3, 0.4) is 0 Å². The van der Waals surface area contributed by atoms with E-state index in [2.05, 4.69) is 42.0 Å². The Morgan fingerprint density at radius 1 is 1.45 bits per heavy atom. The summed E-state index contributed by atoms with van der Waals surface area (Å²) < 4.78 is 6.66. The molecule has 0 aliphatic rings. The summed E-state index contributed by atoms with van der Waals surface area (Å²) in [6.45, 7) is 1.93. The van der Waals surface area contributed by atoms with Crippen molar-refractivity contribution >= 4 is 48.7 Å². The van der Waals surface area contributed by atoms with Gasteiger partial charge in [0, 0.05) is 32.5 Å². The van der Waals surface area contributed by atoms with Gasteiger partial charge in [0.15, 0.2) is 6.04 Å². The summed E-state index contributed by atoms with van der Waals surface area (Å²) in [4.78, 5) is 25.6. The first-order valence-electron chi connectivity index (χ1n) is 6.01. The Morgan fingerprint density at radius 3 is 2.85 bits per heavy atom. The monoisotopic (exact) mass is 402 g/mol. The number of carbonyl (C=O) groups excluding carboxylic acids is 1. The summed E-state index contributed by atoms with van der Waals surface area (Å²) in [5, 5.41) is 3.81. The number of ether oxygens (including phenoxy) is 1. The number of nitrogens with zero attached hydrogens (tertiary/aromatic N) is 1. The van der Waals surface area contributed by atoms with Crippen LogP contribution in [-0.4, -0.2) is 23.6 Å². The lowest BCUT2D eigenvalue weighted by Gasteiger charge is -2.08. The number of nitrogens with one attached hydrogen (secondary N) is 1. The van der Waals surface area contributed by atoms with Crippen molar-refractivity contribution in [2.24, 2.45) is 5.18 Å². The number of benzene rings is 1. The van der Waals surface area contributed by atoms with Gasteiger partial charge in [-0.2, -0.15) is 0 Å². The molecular formula is C13H12Br2N2O3. The topological polar surface area (TPSA) is 71.5 Å². The Kier molecular flexibility index (Phi) is 4.93.